The number of allylic oxidation sites excluding steroid dienone is 2. The standard InChI is InChI=1S/C7H10/c1-2-6-4-5-7(6)3-1/h4-7H,1-3H2. The minimum absolute atomic E-state index is 1.01. The van der Waals surface area contributed by atoms with Gasteiger partial charge in [0.05, 0.1) is 0 Å². The van der Waals surface area contributed by atoms with Crippen LogP contribution in [0.2, 0.25) is 0 Å². The van der Waals surface area contributed by atoms with Crippen molar-refractivity contribution in [2.24, 2.45) is 11.8 Å². The fraction of sp³-hybridized carbons (Fsp3) is 0.714. The molecule has 38 valence electrons. The molecule has 2 aliphatic carbocycles. The molecule has 1 saturated carbocycles. The van der Waals surface area contributed by atoms with E-state index in [-0.39, 0.29) is 0 Å². The van der Waals surface area contributed by atoms with Gasteiger partial charge in [-0.2, -0.15) is 0 Å². The first-order valence-electron chi connectivity index (χ1n) is 3.15. The van der Waals surface area contributed by atoms with Crippen LogP contribution in [0.4, 0.5) is 0 Å². The van der Waals surface area contributed by atoms with Gasteiger partial charge in [0.25, 0.3) is 0 Å². The Balaban J connectivity index is 2.17. The molecular weight excluding hydrogens is 84.1 g/mol. The van der Waals surface area contributed by atoms with Crippen LogP contribution >= 0.6 is 0 Å². The maximum Gasteiger partial charge on any atom is -0.0170 e. The number of hydrogen-bond donors (Lipinski definition) is 0. The summed E-state index contributed by atoms with van der Waals surface area (Å²) in [7, 11) is 0. The van der Waals surface area contributed by atoms with Crippen molar-refractivity contribution in [1.29, 1.82) is 0 Å². The van der Waals surface area contributed by atoms with Crippen LogP contribution in [-0.4, -0.2) is 0 Å². The van der Waals surface area contributed by atoms with Crippen LogP contribution in [0.1, 0.15) is 19.3 Å². The van der Waals surface area contributed by atoms with Crippen LogP contribution in [0.15, 0.2) is 12.2 Å². The summed E-state index contributed by atoms with van der Waals surface area (Å²) in [6, 6.07) is 0. The van der Waals surface area contributed by atoms with Crippen molar-refractivity contribution in [3.63, 3.8) is 0 Å². The molecule has 0 aliphatic heterocycles. The first-order valence-corrected chi connectivity index (χ1v) is 3.15. The predicted molar refractivity (Wildman–Crippen MR) is 30.0 cm³/mol. The molecule has 0 heterocycles. The number of hydrogen-bond acceptors (Lipinski definition) is 0. The third-order valence-corrected chi connectivity index (χ3v) is 2.23. The van der Waals surface area contributed by atoms with E-state index in [1.54, 1.807) is 0 Å². The summed E-state index contributed by atoms with van der Waals surface area (Å²) in [4.78, 5) is 0. The van der Waals surface area contributed by atoms with Gasteiger partial charge in [0.1, 0.15) is 0 Å². The van der Waals surface area contributed by atoms with Gasteiger partial charge in [0.2, 0.25) is 0 Å². The van der Waals surface area contributed by atoms with E-state index in [0.29, 0.717) is 0 Å². The van der Waals surface area contributed by atoms with E-state index in [2.05, 4.69) is 12.2 Å². The largest absolute Gasteiger partial charge is 0.0845 e. The van der Waals surface area contributed by atoms with Gasteiger partial charge in [-0.3, -0.25) is 0 Å². The van der Waals surface area contributed by atoms with Crippen LogP contribution in [0.25, 0.3) is 0 Å². The Hall–Kier alpha value is -0.260. The zero-order valence-corrected chi connectivity index (χ0v) is 4.43. The summed E-state index contributed by atoms with van der Waals surface area (Å²) in [5.41, 5.74) is 0. The zero-order valence-electron chi connectivity index (χ0n) is 4.43. The van der Waals surface area contributed by atoms with E-state index in [4.69, 9.17) is 0 Å². The molecular formula is C7H10. The first-order chi connectivity index (χ1) is 3.47. The van der Waals surface area contributed by atoms with Gasteiger partial charge in [-0.05, 0) is 24.7 Å². The summed E-state index contributed by atoms with van der Waals surface area (Å²) in [6.07, 6.45) is 9.14. The fourth-order valence-electron chi connectivity index (χ4n) is 1.64. The SMILES string of the molecule is C1=CC2CCCC12. The molecule has 0 amide bonds. The lowest BCUT2D eigenvalue weighted by Gasteiger charge is -2.19. The molecule has 2 unspecified atom stereocenters. The molecule has 0 radical (unpaired) electrons. The van der Waals surface area contributed by atoms with Crippen molar-refractivity contribution in [1.82, 2.24) is 0 Å². The molecule has 1 fully saturated rings. The van der Waals surface area contributed by atoms with Crippen LogP contribution < -0.4 is 0 Å². The molecule has 0 bridgehead atoms. The molecule has 0 spiro atoms. The lowest BCUT2D eigenvalue weighted by Crippen LogP contribution is -2.09. The Morgan fingerprint density at radius 2 is 1.57 bits per heavy atom. The Bertz CT molecular complexity index is 90.6. The Labute approximate surface area is 44.2 Å². The van der Waals surface area contributed by atoms with E-state index in [0.717, 1.165) is 11.8 Å². The molecule has 2 aliphatic rings. The molecule has 0 saturated heterocycles. The van der Waals surface area contributed by atoms with Crippen molar-refractivity contribution in [3.8, 4) is 0 Å². The highest BCUT2D eigenvalue weighted by Gasteiger charge is 2.28. The quantitative estimate of drug-likeness (QED) is 0.402. The summed E-state index contributed by atoms with van der Waals surface area (Å²) in [5.74, 6) is 2.03. The van der Waals surface area contributed by atoms with Crippen molar-refractivity contribution >= 4 is 0 Å². The molecule has 7 heavy (non-hydrogen) atoms. The number of rotatable bonds is 0. The number of fused-ring (bicyclic) bond motifs is 1. The first kappa shape index (κ1) is 3.71. The van der Waals surface area contributed by atoms with Crippen LogP contribution in [-0.2, 0) is 0 Å². The topological polar surface area (TPSA) is 0 Å². The van der Waals surface area contributed by atoms with Crippen molar-refractivity contribution in [2.45, 2.75) is 19.3 Å². The second-order valence-corrected chi connectivity index (χ2v) is 2.64. The molecule has 0 heteroatoms. The van der Waals surface area contributed by atoms with Gasteiger partial charge < -0.3 is 0 Å². The molecule has 0 N–H and O–H groups in total. The minimum Gasteiger partial charge on any atom is -0.0845 e. The Kier molecular flexibility index (Phi) is 0.592. The van der Waals surface area contributed by atoms with E-state index in [1.165, 1.54) is 19.3 Å². The summed E-state index contributed by atoms with van der Waals surface area (Å²) in [6.45, 7) is 0. The van der Waals surface area contributed by atoms with Gasteiger partial charge >= 0.3 is 0 Å². The van der Waals surface area contributed by atoms with E-state index >= 15 is 0 Å². The molecule has 0 nitrogen and oxygen atoms in total. The third kappa shape index (κ3) is 0.370. The highest BCUT2D eigenvalue weighted by Crippen LogP contribution is 2.39. The fourth-order valence-corrected chi connectivity index (χ4v) is 1.64. The van der Waals surface area contributed by atoms with Gasteiger partial charge in [-0.25, -0.2) is 0 Å². The van der Waals surface area contributed by atoms with Gasteiger partial charge in [-0.1, -0.05) is 18.6 Å². The highest BCUT2D eigenvalue weighted by molar-refractivity contribution is 5.11. The van der Waals surface area contributed by atoms with E-state index in [1.807, 2.05) is 0 Å². The zero-order chi connectivity index (χ0) is 4.69. The second-order valence-electron chi connectivity index (χ2n) is 2.64. The normalized spacial score (nSPS) is 45.7. The predicted octanol–water partition coefficient (Wildman–Crippen LogP) is 1.97. The maximum absolute atomic E-state index is 2.36. The van der Waals surface area contributed by atoms with E-state index < -0.39 is 0 Å². The van der Waals surface area contributed by atoms with Crippen molar-refractivity contribution in [2.75, 3.05) is 0 Å². The molecule has 2 atom stereocenters. The summed E-state index contributed by atoms with van der Waals surface area (Å²) >= 11 is 0. The van der Waals surface area contributed by atoms with Crippen molar-refractivity contribution < 1.29 is 0 Å². The lowest BCUT2D eigenvalue weighted by atomic mass is 9.86. The average molecular weight is 94.2 g/mol. The van der Waals surface area contributed by atoms with Gasteiger partial charge in [0.15, 0.2) is 0 Å². The van der Waals surface area contributed by atoms with Crippen LogP contribution in [0.5, 0.6) is 0 Å². The molecule has 2 rings (SSSR count). The Morgan fingerprint density at radius 3 is 1.86 bits per heavy atom. The lowest BCUT2D eigenvalue weighted by molar-refractivity contribution is 0.501. The molecule has 0 aromatic rings. The summed E-state index contributed by atoms with van der Waals surface area (Å²) in [5, 5.41) is 0. The molecule has 0 aromatic heterocycles. The smallest absolute Gasteiger partial charge is 0.0170 e. The maximum atomic E-state index is 2.36. The second kappa shape index (κ2) is 1.12. The average Bonchev–Trinajstić information content (AvgIpc) is 1.85. The minimum atomic E-state index is 1.01. The summed E-state index contributed by atoms with van der Waals surface area (Å²) < 4.78 is 0. The van der Waals surface area contributed by atoms with Crippen LogP contribution in [0, 0.1) is 11.8 Å². The van der Waals surface area contributed by atoms with Crippen LogP contribution in [0.3, 0.4) is 0 Å². The third-order valence-electron chi connectivity index (χ3n) is 2.23. The highest BCUT2D eigenvalue weighted by atomic mass is 14.3. The van der Waals surface area contributed by atoms with Gasteiger partial charge in [0, 0.05) is 0 Å². The van der Waals surface area contributed by atoms with Gasteiger partial charge in [-0.15, -0.1) is 0 Å². The molecule has 0 aromatic carbocycles. The monoisotopic (exact) mass is 94.1 g/mol. The van der Waals surface area contributed by atoms with Crippen molar-refractivity contribution in [3.05, 3.63) is 12.2 Å². The van der Waals surface area contributed by atoms with E-state index in [9.17, 15) is 0 Å². The Morgan fingerprint density at radius 1 is 1.00 bits per heavy atom.